The second-order valence-electron chi connectivity index (χ2n) is 4.09. The van der Waals surface area contributed by atoms with Gasteiger partial charge in [-0.1, -0.05) is 12.1 Å². The van der Waals surface area contributed by atoms with Crippen LogP contribution in [0.2, 0.25) is 0 Å². The van der Waals surface area contributed by atoms with E-state index in [4.69, 9.17) is 5.14 Å². The van der Waals surface area contributed by atoms with E-state index in [0.717, 1.165) is 20.8 Å². The van der Waals surface area contributed by atoms with E-state index < -0.39 is 10.3 Å². The molecule has 0 fully saturated rings. The first-order valence-corrected chi connectivity index (χ1v) is 7.98. The number of rotatable bonds is 3. The summed E-state index contributed by atoms with van der Waals surface area (Å²) in [7, 11) is -3.99. The molecule has 0 amide bonds. The number of para-hydroxylation sites is 1. The van der Waals surface area contributed by atoms with Gasteiger partial charge in [0, 0.05) is 5.56 Å². The van der Waals surface area contributed by atoms with Crippen LogP contribution in [0.15, 0.2) is 48.5 Å². The fourth-order valence-corrected chi connectivity index (χ4v) is 3.13. The van der Waals surface area contributed by atoms with Gasteiger partial charge < -0.3 is 5.61 Å². The zero-order chi connectivity index (χ0) is 14.2. The number of nitrogens with zero attached hydrogens (tertiary/aromatic N) is 1. The topological polar surface area (TPSA) is 82.3 Å². The van der Waals surface area contributed by atoms with E-state index in [1.165, 1.54) is 0 Å². The van der Waals surface area contributed by atoms with E-state index >= 15 is 0 Å². The molecule has 104 valence electrons. The Labute approximate surface area is 149 Å². The molecule has 1 heterocycles. The van der Waals surface area contributed by atoms with Crippen LogP contribution in [0.25, 0.3) is 20.8 Å². The first kappa shape index (κ1) is 16.4. The van der Waals surface area contributed by atoms with E-state index in [2.05, 4.69) is 9.17 Å². The van der Waals surface area contributed by atoms with Crippen LogP contribution < -0.4 is 38.9 Å². The second kappa shape index (κ2) is 6.43. The molecule has 3 rings (SSSR count). The van der Waals surface area contributed by atoms with Crippen LogP contribution in [0.1, 0.15) is 1.43 Å². The largest absolute Gasteiger partial charge is 1.00 e. The molecule has 5 nitrogen and oxygen atoms in total. The fraction of sp³-hybridized carbons (Fsp3) is 0. The molecule has 0 atom stereocenters. The van der Waals surface area contributed by atoms with Gasteiger partial charge in [-0.3, -0.25) is 0 Å². The van der Waals surface area contributed by atoms with Crippen LogP contribution in [0.4, 0.5) is 0 Å². The van der Waals surface area contributed by atoms with Crippen molar-refractivity contribution in [2.45, 2.75) is 0 Å². The minimum absolute atomic E-state index is 0. The Morgan fingerprint density at radius 2 is 1.76 bits per heavy atom. The van der Waals surface area contributed by atoms with Gasteiger partial charge in [0.05, 0.1) is 10.2 Å². The van der Waals surface area contributed by atoms with Gasteiger partial charge in [0.25, 0.3) is 0 Å². The van der Waals surface area contributed by atoms with E-state index in [9.17, 15) is 8.42 Å². The minimum atomic E-state index is -3.99. The van der Waals surface area contributed by atoms with Crippen molar-refractivity contribution in [1.82, 2.24) is 4.98 Å². The smallest absolute Gasteiger partial charge is 1.00 e. The van der Waals surface area contributed by atoms with Gasteiger partial charge in [-0.05, 0) is 36.4 Å². The summed E-state index contributed by atoms with van der Waals surface area (Å²) in [6, 6.07) is 14.5. The van der Waals surface area contributed by atoms with Gasteiger partial charge in [-0.25, -0.2) is 4.98 Å². The third-order valence-electron chi connectivity index (χ3n) is 2.61. The summed E-state index contributed by atoms with van der Waals surface area (Å²) in [5, 5.41) is 5.68. The third-order valence-corrected chi connectivity index (χ3v) is 4.12. The van der Waals surface area contributed by atoms with E-state index in [1.54, 1.807) is 35.6 Å². The number of nitrogens with two attached hydrogens (primary N) is 1. The van der Waals surface area contributed by atoms with Crippen molar-refractivity contribution in [1.29, 1.82) is 0 Å². The zero-order valence-corrected chi connectivity index (χ0v) is 14.8. The van der Waals surface area contributed by atoms with Crippen LogP contribution >= 0.6 is 11.3 Å². The van der Waals surface area contributed by atoms with Crippen molar-refractivity contribution in [2.75, 3.05) is 0 Å². The van der Waals surface area contributed by atoms with Crippen molar-refractivity contribution < 1.29 is 43.6 Å². The SMILES string of the molecule is NS(=O)(=O)Oc1ccc(-c2nc3ccccc3s2)cc1.[H-].[Na+]. The Morgan fingerprint density at radius 1 is 1.10 bits per heavy atom. The molecular weight excluding hydrogens is 319 g/mol. The Kier molecular flexibility index (Phi) is 5.03. The van der Waals surface area contributed by atoms with Gasteiger partial charge in [0.1, 0.15) is 10.8 Å². The van der Waals surface area contributed by atoms with Crippen molar-refractivity contribution in [3.63, 3.8) is 0 Å². The maximum Gasteiger partial charge on any atom is 1.00 e. The molecule has 0 bridgehead atoms. The minimum Gasteiger partial charge on any atom is -1.00 e. The zero-order valence-electron chi connectivity index (χ0n) is 12.2. The number of benzene rings is 2. The van der Waals surface area contributed by atoms with Gasteiger partial charge in [-0.2, -0.15) is 13.6 Å². The molecule has 1 aromatic heterocycles. The van der Waals surface area contributed by atoms with Crippen molar-refractivity contribution in [3.8, 4) is 16.3 Å². The summed E-state index contributed by atoms with van der Waals surface area (Å²) >= 11 is 1.57. The van der Waals surface area contributed by atoms with Crippen molar-refractivity contribution in [3.05, 3.63) is 48.5 Å². The van der Waals surface area contributed by atoms with Crippen molar-refractivity contribution in [2.24, 2.45) is 5.14 Å². The first-order chi connectivity index (χ1) is 9.51. The molecule has 0 aliphatic heterocycles. The van der Waals surface area contributed by atoms with Crippen LogP contribution in [-0.2, 0) is 10.3 Å². The average molecular weight is 330 g/mol. The monoisotopic (exact) mass is 330 g/mol. The Hall–Kier alpha value is -0.960. The molecule has 21 heavy (non-hydrogen) atoms. The van der Waals surface area contributed by atoms with Crippen LogP contribution in [0, 0.1) is 0 Å². The summed E-state index contributed by atoms with van der Waals surface area (Å²) in [5.41, 5.74) is 1.84. The number of fused-ring (bicyclic) bond motifs is 1. The molecule has 0 aliphatic rings. The van der Waals surface area contributed by atoms with Gasteiger partial charge in [-0.15, -0.1) is 11.3 Å². The quantitative estimate of drug-likeness (QED) is 0.666. The predicted molar refractivity (Wildman–Crippen MR) is 79.9 cm³/mol. The van der Waals surface area contributed by atoms with E-state index in [1.807, 2.05) is 24.3 Å². The summed E-state index contributed by atoms with van der Waals surface area (Å²) in [6.45, 7) is 0. The fourth-order valence-electron chi connectivity index (χ4n) is 1.78. The maximum absolute atomic E-state index is 10.8. The number of hydrogen-bond acceptors (Lipinski definition) is 5. The molecule has 8 heteroatoms. The van der Waals surface area contributed by atoms with Crippen molar-refractivity contribution >= 4 is 31.9 Å². The number of hydrogen-bond donors (Lipinski definition) is 1. The maximum atomic E-state index is 10.8. The first-order valence-electron chi connectivity index (χ1n) is 5.69. The predicted octanol–water partition coefficient (Wildman–Crippen LogP) is -0.338. The normalized spacial score (nSPS) is 11.1. The van der Waals surface area contributed by atoms with Crippen LogP contribution in [0.5, 0.6) is 5.75 Å². The summed E-state index contributed by atoms with van der Waals surface area (Å²) in [5.74, 6) is 0.178. The van der Waals surface area contributed by atoms with E-state index in [-0.39, 0.29) is 36.7 Å². The standard InChI is InChI=1S/C13H10N2O3S2.Na.H/c14-20(16,17)18-10-7-5-9(6-8-10)13-15-11-3-1-2-4-12(11)19-13;;/h1-8H,(H2,14,16,17);;/q;+1;-1. The summed E-state index contributed by atoms with van der Waals surface area (Å²) < 4.78 is 27.3. The Balaban J connectivity index is 0.00000121. The molecule has 0 aliphatic carbocycles. The summed E-state index contributed by atoms with van der Waals surface area (Å²) in [4.78, 5) is 4.52. The number of thiazole rings is 1. The number of aromatic nitrogens is 1. The molecule has 3 aromatic rings. The molecule has 0 radical (unpaired) electrons. The second-order valence-corrected chi connectivity index (χ2v) is 6.27. The average Bonchev–Trinajstić information content (AvgIpc) is 2.81. The van der Waals surface area contributed by atoms with Crippen LogP contribution in [0.3, 0.4) is 0 Å². The van der Waals surface area contributed by atoms with Gasteiger partial charge in [0.2, 0.25) is 0 Å². The molecular formula is C13H11N2NaO3S2. The molecule has 2 N–H and O–H groups in total. The third kappa shape index (κ3) is 4.03. The van der Waals surface area contributed by atoms with Gasteiger partial charge in [0.15, 0.2) is 0 Å². The summed E-state index contributed by atoms with van der Waals surface area (Å²) in [6.07, 6.45) is 0. The molecule has 2 aromatic carbocycles. The Morgan fingerprint density at radius 3 is 2.38 bits per heavy atom. The van der Waals surface area contributed by atoms with Crippen LogP contribution in [-0.4, -0.2) is 13.4 Å². The molecule has 0 spiro atoms. The van der Waals surface area contributed by atoms with Gasteiger partial charge >= 0.3 is 39.9 Å². The molecule has 0 saturated carbocycles. The molecule has 0 saturated heterocycles. The van der Waals surface area contributed by atoms with E-state index in [0.29, 0.717) is 0 Å². The molecule has 0 unspecified atom stereocenters. The Bertz CT molecular complexity index is 833.